The van der Waals surface area contributed by atoms with E-state index in [1.165, 1.54) is 24.3 Å². The van der Waals surface area contributed by atoms with E-state index < -0.39 is 54.3 Å². The number of aromatic hydroxyl groups is 1. The fourth-order valence-electron chi connectivity index (χ4n) is 3.07. The van der Waals surface area contributed by atoms with E-state index in [9.17, 15) is 34.2 Å². The number of primary amides is 1. The number of hydrogen-bond donors (Lipinski definition) is 8. The normalized spacial score (nSPS) is 13.2. The Kier molecular flexibility index (Phi) is 12.8. The minimum atomic E-state index is -1.27. The molecule has 3 atom stereocenters. The van der Waals surface area contributed by atoms with E-state index in [2.05, 4.69) is 16.0 Å². The predicted molar refractivity (Wildman–Crippen MR) is 126 cm³/mol. The first-order valence-corrected chi connectivity index (χ1v) is 11.2. The number of phenolic OH excluding ortho intramolecular Hbond substituents is 1. The molecule has 0 bridgehead atoms. The highest BCUT2D eigenvalue weighted by Crippen LogP contribution is 2.11. The molecule has 13 heteroatoms. The number of carboxylic acids is 1. The lowest BCUT2D eigenvalue weighted by Crippen LogP contribution is -2.53. The highest BCUT2D eigenvalue weighted by Gasteiger charge is 2.25. The summed E-state index contributed by atoms with van der Waals surface area (Å²) in [5, 5.41) is 25.9. The quantitative estimate of drug-likeness (QED) is 0.116. The number of carbonyl (C=O) groups excluding carboxylic acids is 4. The number of rotatable bonds is 16. The molecule has 0 saturated carbocycles. The van der Waals surface area contributed by atoms with Crippen molar-refractivity contribution in [1.29, 1.82) is 0 Å². The first-order valence-electron chi connectivity index (χ1n) is 11.2. The molecular formula is C22H34N6O7. The van der Waals surface area contributed by atoms with Gasteiger partial charge in [-0.05, 0) is 49.9 Å². The van der Waals surface area contributed by atoms with Crippen molar-refractivity contribution in [1.82, 2.24) is 16.0 Å². The van der Waals surface area contributed by atoms with Crippen molar-refractivity contribution in [2.75, 3.05) is 13.1 Å². The van der Waals surface area contributed by atoms with E-state index >= 15 is 0 Å². The summed E-state index contributed by atoms with van der Waals surface area (Å²) in [7, 11) is 0. The largest absolute Gasteiger partial charge is 0.508 e. The van der Waals surface area contributed by atoms with Crippen LogP contribution in [0.15, 0.2) is 24.3 Å². The molecule has 194 valence electrons. The van der Waals surface area contributed by atoms with Gasteiger partial charge in [0.1, 0.15) is 17.8 Å². The summed E-state index contributed by atoms with van der Waals surface area (Å²) in [5.41, 5.74) is 16.8. The molecule has 1 rings (SSSR count). The van der Waals surface area contributed by atoms with Gasteiger partial charge in [-0.15, -0.1) is 0 Å². The van der Waals surface area contributed by atoms with E-state index in [1.54, 1.807) is 0 Å². The number of phenols is 1. The summed E-state index contributed by atoms with van der Waals surface area (Å²) in [6.07, 6.45) is 1.25. The molecule has 3 unspecified atom stereocenters. The molecule has 0 fully saturated rings. The number of carboxylic acid groups (broad SMARTS) is 1. The molecule has 1 aromatic carbocycles. The average molecular weight is 495 g/mol. The van der Waals surface area contributed by atoms with Gasteiger partial charge >= 0.3 is 5.97 Å². The fourth-order valence-corrected chi connectivity index (χ4v) is 3.07. The first kappa shape index (κ1) is 29.3. The molecule has 0 saturated heterocycles. The van der Waals surface area contributed by atoms with Gasteiger partial charge in [-0.25, -0.2) is 4.79 Å². The lowest BCUT2D eigenvalue weighted by molar-refractivity contribution is -0.141. The van der Waals surface area contributed by atoms with Crippen LogP contribution >= 0.6 is 0 Å². The van der Waals surface area contributed by atoms with Crippen LogP contribution in [0.1, 0.15) is 37.7 Å². The minimum Gasteiger partial charge on any atom is -0.508 e. The number of unbranched alkanes of at least 4 members (excludes halogenated alkanes) is 1. The van der Waals surface area contributed by atoms with Crippen molar-refractivity contribution in [3.05, 3.63) is 29.8 Å². The number of nitrogens with one attached hydrogen (secondary N) is 3. The number of nitrogens with two attached hydrogens (primary N) is 3. The lowest BCUT2D eigenvalue weighted by Gasteiger charge is -2.21. The smallest absolute Gasteiger partial charge is 0.326 e. The minimum absolute atomic E-state index is 0.0122. The van der Waals surface area contributed by atoms with Gasteiger partial charge in [0.25, 0.3) is 0 Å². The maximum atomic E-state index is 12.6. The van der Waals surface area contributed by atoms with Gasteiger partial charge in [-0.3, -0.25) is 19.2 Å². The van der Waals surface area contributed by atoms with Gasteiger partial charge < -0.3 is 43.4 Å². The lowest BCUT2D eigenvalue weighted by atomic mass is 10.1. The maximum absolute atomic E-state index is 12.6. The molecule has 0 spiro atoms. The zero-order valence-electron chi connectivity index (χ0n) is 19.4. The second-order valence-electron chi connectivity index (χ2n) is 8.00. The molecule has 0 radical (unpaired) electrons. The molecule has 4 amide bonds. The third kappa shape index (κ3) is 11.8. The van der Waals surface area contributed by atoms with E-state index in [0.29, 0.717) is 24.9 Å². The van der Waals surface area contributed by atoms with Gasteiger partial charge in [-0.1, -0.05) is 12.1 Å². The third-order valence-corrected chi connectivity index (χ3v) is 5.05. The highest BCUT2D eigenvalue weighted by atomic mass is 16.4. The molecule has 0 aliphatic carbocycles. The zero-order valence-corrected chi connectivity index (χ0v) is 19.4. The second-order valence-corrected chi connectivity index (χ2v) is 8.00. The van der Waals surface area contributed by atoms with Crippen LogP contribution in [0.2, 0.25) is 0 Å². The maximum Gasteiger partial charge on any atom is 0.326 e. The topological polar surface area (TPSA) is 240 Å². The van der Waals surface area contributed by atoms with Crippen molar-refractivity contribution in [2.45, 2.75) is 56.7 Å². The van der Waals surface area contributed by atoms with Crippen LogP contribution in [-0.4, -0.2) is 71.0 Å². The standard InChI is InChI=1S/C22H34N6O7/c23-10-2-1-3-16(28-20(32)15(24)8-9-18(25)30)21(33)26-12-19(31)27-17(22(34)35)11-13-4-6-14(29)7-5-13/h4-7,15-17,29H,1-3,8-12,23-24H2,(H2,25,30)(H,26,33)(H,27,31)(H,28,32)(H,34,35). The molecule has 0 aromatic heterocycles. The Morgan fingerprint density at radius 3 is 2.14 bits per heavy atom. The zero-order chi connectivity index (χ0) is 26.4. The van der Waals surface area contributed by atoms with E-state index in [0.717, 1.165) is 0 Å². The van der Waals surface area contributed by atoms with Crippen molar-refractivity contribution < 1.29 is 34.2 Å². The summed E-state index contributed by atoms with van der Waals surface area (Å²) in [4.78, 5) is 59.6. The van der Waals surface area contributed by atoms with Crippen LogP contribution in [0.3, 0.4) is 0 Å². The fraction of sp³-hybridized carbons (Fsp3) is 0.500. The van der Waals surface area contributed by atoms with Crippen molar-refractivity contribution >= 4 is 29.6 Å². The summed E-state index contributed by atoms with van der Waals surface area (Å²) in [6, 6.07) is 2.54. The van der Waals surface area contributed by atoms with Gasteiger partial charge in [0.05, 0.1) is 12.6 Å². The average Bonchev–Trinajstić information content (AvgIpc) is 2.81. The summed E-state index contributed by atoms with van der Waals surface area (Å²) >= 11 is 0. The van der Waals surface area contributed by atoms with Gasteiger partial charge in [-0.2, -0.15) is 0 Å². The summed E-state index contributed by atoms with van der Waals surface area (Å²) < 4.78 is 0. The Hall–Kier alpha value is -3.71. The number of carbonyl (C=O) groups is 5. The Bertz CT molecular complexity index is 878. The van der Waals surface area contributed by atoms with Crippen LogP contribution in [-0.2, 0) is 30.4 Å². The van der Waals surface area contributed by atoms with Crippen LogP contribution in [0, 0.1) is 0 Å². The number of aliphatic carboxylic acids is 1. The third-order valence-electron chi connectivity index (χ3n) is 5.05. The number of amides is 4. The SMILES string of the molecule is NCCCCC(NC(=O)C(N)CCC(N)=O)C(=O)NCC(=O)NC(Cc1ccc(O)cc1)C(=O)O. The molecule has 0 heterocycles. The van der Waals surface area contributed by atoms with Gasteiger partial charge in [0, 0.05) is 12.8 Å². The summed E-state index contributed by atoms with van der Waals surface area (Å²) in [5.74, 6) is -3.90. The Morgan fingerprint density at radius 1 is 0.914 bits per heavy atom. The monoisotopic (exact) mass is 494 g/mol. The second kappa shape index (κ2) is 15.2. The molecule has 11 N–H and O–H groups in total. The van der Waals surface area contributed by atoms with Crippen LogP contribution in [0.25, 0.3) is 0 Å². The summed E-state index contributed by atoms with van der Waals surface area (Å²) in [6.45, 7) is -0.129. The van der Waals surface area contributed by atoms with E-state index in [-0.39, 0.29) is 31.4 Å². The molecule has 35 heavy (non-hydrogen) atoms. The molecule has 0 aliphatic heterocycles. The van der Waals surface area contributed by atoms with Gasteiger partial charge in [0.15, 0.2) is 0 Å². The number of hydrogen-bond acceptors (Lipinski definition) is 8. The molecule has 13 nitrogen and oxygen atoms in total. The first-order chi connectivity index (χ1) is 16.5. The van der Waals surface area contributed by atoms with E-state index in [1.807, 2.05) is 0 Å². The van der Waals surface area contributed by atoms with E-state index in [4.69, 9.17) is 17.2 Å². The van der Waals surface area contributed by atoms with Crippen LogP contribution in [0.4, 0.5) is 0 Å². The van der Waals surface area contributed by atoms with Crippen molar-refractivity contribution in [3.63, 3.8) is 0 Å². The predicted octanol–water partition coefficient (Wildman–Crippen LogP) is -2.17. The highest BCUT2D eigenvalue weighted by molar-refractivity contribution is 5.92. The van der Waals surface area contributed by atoms with Crippen LogP contribution < -0.4 is 33.2 Å². The van der Waals surface area contributed by atoms with Gasteiger partial charge in [0.2, 0.25) is 23.6 Å². The number of benzene rings is 1. The molecule has 0 aliphatic rings. The van der Waals surface area contributed by atoms with Crippen molar-refractivity contribution in [2.24, 2.45) is 17.2 Å². The molecular weight excluding hydrogens is 460 g/mol. The Morgan fingerprint density at radius 2 is 1.57 bits per heavy atom. The van der Waals surface area contributed by atoms with Crippen LogP contribution in [0.5, 0.6) is 5.75 Å². The Labute approximate surface area is 202 Å². The Balaban J connectivity index is 2.67. The van der Waals surface area contributed by atoms with Crippen molar-refractivity contribution in [3.8, 4) is 5.75 Å². The molecule has 1 aromatic rings.